The number of nitrogens with zero attached hydrogens (tertiary/aromatic N) is 3. The van der Waals surface area contributed by atoms with Crippen molar-refractivity contribution in [2.45, 2.75) is 90.4 Å². The summed E-state index contributed by atoms with van der Waals surface area (Å²) in [4.78, 5) is 37.5. The second-order valence-corrected chi connectivity index (χ2v) is 10.4. The molecule has 0 aliphatic carbocycles. The first-order valence-corrected chi connectivity index (χ1v) is 10.6. The lowest BCUT2D eigenvalue weighted by Gasteiger charge is -2.30. The lowest BCUT2D eigenvalue weighted by molar-refractivity contribution is -0.163. The Morgan fingerprint density at radius 3 is 2.27 bits per heavy atom. The first-order valence-electron chi connectivity index (χ1n) is 10.6. The Morgan fingerprint density at radius 1 is 1.18 bits per heavy atom. The van der Waals surface area contributed by atoms with Gasteiger partial charge in [0.05, 0.1) is 26.5 Å². The van der Waals surface area contributed by atoms with Crippen LogP contribution in [-0.2, 0) is 40.6 Å². The van der Waals surface area contributed by atoms with Crippen LogP contribution in [0.1, 0.15) is 61.1 Å². The van der Waals surface area contributed by atoms with Gasteiger partial charge in [-0.15, -0.1) is 5.10 Å². The SMILES string of the molecule is COC(=O)[C@H](Cn1cc([C@]2(C(=O)OC(C)(C)C)COC(C)(C)N2)nn1)NC(=O)OC(C)(C)C. The summed E-state index contributed by atoms with van der Waals surface area (Å²) in [5.41, 5.74) is -3.43. The smallest absolute Gasteiger partial charge is 0.408 e. The third-order valence-electron chi connectivity index (χ3n) is 4.43. The molecule has 33 heavy (non-hydrogen) atoms. The van der Waals surface area contributed by atoms with Gasteiger partial charge in [0.25, 0.3) is 0 Å². The molecule has 0 radical (unpaired) electrons. The van der Waals surface area contributed by atoms with Gasteiger partial charge in [-0.1, -0.05) is 5.21 Å². The van der Waals surface area contributed by atoms with E-state index in [1.807, 2.05) is 0 Å². The number of rotatable bonds is 6. The molecule has 1 aliphatic rings. The quantitative estimate of drug-likeness (QED) is 0.461. The molecule has 2 N–H and O–H groups in total. The second-order valence-electron chi connectivity index (χ2n) is 10.4. The maximum Gasteiger partial charge on any atom is 0.408 e. The minimum Gasteiger partial charge on any atom is -0.467 e. The van der Waals surface area contributed by atoms with E-state index in [1.54, 1.807) is 55.4 Å². The molecule has 2 heterocycles. The number of nitrogens with one attached hydrogen (secondary N) is 2. The maximum atomic E-state index is 13.1. The Balaban J connectivity index is 2.28. The van der Waals surface area contributed by atoms with Crippen molar-refractivity contribution in [3.05, 3.63) is 11.9 Å². The van der Waals surface area contributed by atoms with Crippen molar-refractivity contribution in [2.24, 2.45) is 0 Å². The average Bonchev–Trinajstić information content (AvgIpc) is 3.22. The number of ether oxygens (including phenoxy) is 4. The third kappa shape index (κ3) is 7.13. The van der Waals surface area contributed by atoms with E-state index in [0.717, 1.165) is 0 Å². The van der Waals surface area contributed by atoms with Crippen LogP contribution in [0.3, 0.4) is 0 Å². The fourth-order valence-corrected chi connectivity index (χ4v) is 3.13. The summed E-state index contributed by atoms with van der Waals surface area (Å²) >= 11 is 0. The summed E-state index contributed by atoms with van der Waals surface area (Å²) in [7, 11) is 1.21. The fourth-order valence-electron chi connectivity index (χ4n) is 3.13. The van der Waals surface area contributed by atoms with Gasteiger partial charge >= 0.3 is 18.0 Å². The molecular weight excluding hydrogens is 434 g/mol. The van der Waals surface area contributed by atoms with E-state index in [1.165, 1.54) is 18.0 Å². The van der Waals surface area contributed by atoms with E-state index in [4.69, 9.17) is 18.9 Å². The predicted molar refractivity (Wildman–Crippen MR) is 116 cm³/mol. The van der Waals surface area contributed by atoms with Crippen LogP contribution in [0, 0.1) is 0 Å². The second kappa shape index (κ2) is 9.26. The van der Waals surface area contributed by atoms with Crippen molar-refractivity contribution in [1.82, 2.24) is 25.6 Å². The van der Waals surface area contributed by atoms with E-state index >= 15 is 0 Å². The fraction of sp³-hybridized carbons (Fsp3) is 0.762. The molecule has 1 aromatic rings. The molecule has 0 aromatic carbocycles. The van der Waals surface area contributed by atoms with Crippen molar-refractivity contribution in [1.29, 1.82) is 0 Å². The molecule has 1 saturated heterocycles. The molecule has 0 bridgehead atoms. The molecular formula is C21H35N5O7. The Kier molecular flexibility index (Phi) is 7.44. The number of methoxy groups -OCH3 is 1. The van der Waals surface area contributed by atoms with Gasteiger partial charge in [0.2, 0.25) is 0 Å². The standard InChI is InChI=1S/C21H35N5O7/c1-18(2,3)32-16(28)21(12-31-20(7,8)24-21)14-11-26(25-23-14)10-13(15(27)30-9)22-17(29)33-19(4,5)6/h11,13,24H,10,12H2,1-9H3,(H,22,29)/t13-,21-/m0/s1. The van der Waals surface area contributed by atoms with Gasteiger partial charge in [-0.05, 0) is 55.4 Å². The highest BCUT2D eigenvalue weighted by molar-refractivity contribution is 5.83. The maximum absolute atomic E-state index is 13.1. The highest BCUT2D eigenvalue weighted by Gasteiger charge is 2.54. The van der Waals surface area contributed by atoms with Crippen LogP contribution >= 0.6 is 0 Å². The minimum absolute atomic E-state index is 0.0236. The third-order valence-corrected chi connectivity index (χ3v) is 4.43. The molecule has 0 spiro atoms. The van der Waals surface area contributed by atoms with E-state index in [0.29, 0.717) is 0 Å². The number of esters is 2. The van der Waals surface area contributed by atoms with E-state index in [2.05, 4.69) is 20.9 Å². The summed E-state index contributed by atoms with van der Waals surface area (Å²) in [5, 5.41) is 13.8. The van der Waals surface area contributed by atoms with E-state index in [9.17, 15) is 14.4 Å². The number of hydrogen-bond acceptors (Lipinski definition) is 10. The average molecular weight is 470 g/mol. The van der Waals surface area contributed by atoms with Gasteiger partial charge in [-0.2, -0.15) is 0 Å². The van der Waals surface area contributed by atoms with Crippen molar-refractivity contribution < 1.29 is 33.3 Å². The highest BCUT2D eigenvalue weighted by atomic mass is 16.6. The van der Waals surface area contributed by atoms with Gasteiger partial charge in [-0.25, -0.2) is 19.1 Å². The van der Waals surface area contributed by atoms with Crippen LogP contribution in [0.15, 0.2) is 6.20 Å². The molecule has 1 amide bonds. The van der Waals surface area contributed by atoms with Crippen molar-refractivity contribution in [3.63, 3.8) is 0 Å². The monoisotopic (exact) mass is 469 g/mol. The van der Waals surface area contributed by atoms with Gasteiger partial charge in [0.1, 0.15) is 28.7 Å². The van der Waals surface area contributed by atoms with Gasteiger partial charge in [0.15, 0.2) is 5.54 Å². The molecule has 2 rings (SSSR count). The number of amides is 1. The number of hydrogen-bond donors (Lipinski definition) is 2. The van der Waals surface area contributed by atoms with Crippen molar-refractivity contribution in [2.75, 3.05) is 13.7 Å². The lowest BCUT2D eigenvalue weighted by Crippen LogP contribution is -2.54. The van der Waals surface area contributed by atoms with Gasteiger partial charge < -0.3 is 24.3 Å². The van der Waals surface area contributed by atoms with E-state index < -0.39 is 46.5 Å². The van der Waals surface area contributed by atoms with Crippen LogP contribution in [0.2, 0.25) is 0 Å². The molecule has 12 nitrogen and oxygen atoms in total. The molecule has 1 aromatic heterocycles. The molecule has 1 aliphatic heterocycles. The first-order chi connectivity index (χ1) is 15.0. The van der Waals surface area contributed by atoms with Crippen LogP contribution in [0.25, 0.3) is 0 Å². The Bertz CT molecular complexity index is 884. The zero-order valence-corrected chi connectivity index (χ0v) is 20.8. The number of carbonyl (C=O) groups is 3. The largest absolute Gasteiger partial charge is 0.467 e. The topological polar surface area (TPSA) is 143 Å². The summed E-state index contributed by atoms with van der Waals surface area (Å²) in [6.07, 6.45) is 0.713. The zero-order valence-electron chi connectivity index (χ0n) is 20.8. The normalized spacial score (nSPS) is 21.2. The Hall–Kier alpha value is -2.73. The first kappa shape index (κ1) is 26.5. The minimum atomic E-state index is -1.39. The van der Waals surface area contributed by atoms with Crippen LogP contribution < -0.4 is 10.6 Å². The predicted octanol–water partition coefficient (Wildman–Crippen LogP) is 1.24. The van der Waals surface area contributed by atoms with Crippen LogP contribution in [0.4, 0.5) is 4.79 Å². The van der Waals surface area contributed by atoms with Crippen LogP contribution in [0.5, 0.6) is 0 Å². The molecule has 186 valence electrons. The molecule has 12 heteroatoms. The molecule has 2 atom stereocenters. The lowest BCUT2D eigenvalue weighted by atomic mass is 9.96. The van der Waals surface area contributed by atoms with E-state index in [-0.39, 0.29) is 18.8 Å². The summed E-state index contributed by atoms with van der Waals surface area (Å²) < 4.78 is 22.7. The van der Waals surface area contributed by atoms with Crippen molar-refractivity contribution in [3.8, 4) is 0 Å². The Morgan fingerprint density at radius 2 is 1.79 bits per heavy atom. The van der Waals surface area contributed by atoms with Crippen LogP contribution in [-0.4, -0.2) is 69.7 Å². The highest BCUT2D eigenvalue weighted by Crippen LogP contribution is 2.33. The molecule has 1 fully saturated rings. The number of carbonyl (C=O) groups excluding carboxylic acids is 3. The molecule has 0 saturated carbocycles. The number of alkyl carbamates (subject to hydrolysis) is 1. The Labute approximate surface area is 193 Å². The van der Waals surface area contributed by atoms with Gasteiger partial charge in [-0.3, -0.25) is 5.32 Å². The van der Waals surface area contributed by atoms with Crippen molar-refractivity contribution >= 4 is 18.0 Å². The summed E-state index contributed by atoms with van der Waals surface area (Å²) in [6.45, 7) is 13.8. The summed E-state index contributed by atoms with van der Waals surface area (Å²) in [6, 6.07) is -1.10. The number of aromatic nitrogens is 3. The summed E-state index contributed by atoms with van der Waals surface area (Å²) in [5.74, 6) is -1.26. The molecule has 0 unspecified atom stereocenters. The zero-order chi connectivity index (χ0) is 25.2. The van der Waals surface area contributed by atoms with Gasteiger partial charge in [0, 0.05) is 0 Å².